The Morgan fingerprint density at radius 3 is 2.70 bits per heavy atom. The van der Waals surface area contributed by atoms with E-state index in [0.717, 1.165) is 12.8 Å². The molecule has 2 fully saturated rings. The number of carbonyl (C=O) groups excluding carboxylic acids is 1. The second-order valence-corrected chi connectivity index (χ2v) is 9.52. The van der Waals surface area contributed by atoms with Gasteiger partial charge < -0.3 is 9.32 Å². The molecule has 0 bridgehead atoms. The Kier molecular flexibility index (Phi) is 4.38. The van der Waals surface area contributed by atoms with Gasteiger partial charge in [0.2, 0.25) is 15.9 Å². The van der Waals surface area contributed by atoms with Crippen LogP contribution in [0.25, 0.3) is 11.5 Å². The van der Waals surface area contributed by atoms with Crippen LogP contribution >= 0.6 is 0 Å². The summed E-state index contributed by atoms with van der Waals surface area (Å²) in [4.78, 5) is 14.6. The summed E-state index contributed by atoms with van der Waals surface area (Å²) >= 11 is 0. The first kappa shape index (κ1) is 18.2. The third-order valence-electron chi connectivity index (χ3n) is 5.51. The van der Waals surface area contributed by atoms with Crippen LogP contribution in [-0.2, 0) is 14.8 Å². The number of furan rings is 1. The summed E-state index contributed by atoms with van der Waals surface area (Å²) in [5.74, 6) is 0.946. The summed E-state index contributed by atoms with van der Waals surface area (Å²) in [5, 5.41) is 6.65. The quantitative estimate of drug-likeness (QED) is 0.858. The number of H-pyrrole nitrogens is 1. The number of aromatic amines is 1. The molecule has 0 radical (unpaired) electrons. The lowest BCUT2D eigenvalue weighted by Crippen LogP contribution is -2.40. The van der Waals surface area contributed by atoms with Gasteiger partial charge in [-0.25, -0.2) is 8.42 Å². The topological polar surface area (TPSA) is 99.5 Å². The minimum Gasteiger partial charge on any atom is -0.458 e. The van der Waals surface area contributed by atoms with Gasteiger partial charge >= 0.3 is 0 Å². The molecular formula is C18H24N4O4S. The van der Waals surface area contributed by atoms with Crippen molar-refractivity contribution in [3.63, 3.8) is 0 Å². The molecule has 2 aromatic heterocycles. The van der Waals surface area contributed by atoms with Gasteiger partial charge in [-0.2, -0.15) is 9.40 Å². The van der Waals surface area contributed by atoms with Gasteiger partial charge in [0.1, 0.15) is 16.3 Å². The van der Waals surface area contributed by atoms with E-state index in [1.54, 1.807) is 19.2 Å². The zero-order valence-corrected chi connectivity index (χ0v) is 16.4. The van der Waals surface area contributed by atoms with Crippen molar-refractivity contribution in [1.29, 1.82) is 0 Å². The highest BCUT2D eigenvalue weighted by Crippen LogP contribution is 2.46. The fourth-order valence-electron chi connectivity index (χ4n) is 3.51. The smallest absolute Gasteiger partial charge is 0.246 e. The predicted octanol–water partition coefficient (Wildman–Crippen LogP) is 2.00. The number of aryl methyl sites for hydroxylation is 1. The number of amides is 1. The largest absolute Gasteiger partial charge is 0.458 e. The van der Waals surface area contributed by atoms with Crippen LogP contribution in [0.5, 0.6) is 0 Å². The number of sulfonamides is 1. The van der Waals surface area contributed by atoms with Crippen molar-refractivity contribution in [3.8, 4) is 11.5 Å². The molecule has 1 N–H and O–H groups in total. The molecule has 9 heteroatoms. The molecular weight excluding hydrogens is 368 g/mol. The molecule has 146 valence electrons. The van der Waals surface area contributed by atoms with Gasteiger partial charge in [0.15, 0.2) is 5.76 Å². The Hall–Kier alpha value is -2.13. The number of aromatic nitrogens is 2. The third-order valence-corrected chi connectivity index (χ3v) is 7.52. The minimum absolute atomic E-state index is 0.155. The number of nitrogens with zero attached hydrogens (tertiary/aromatic N) is 3. The minimum atomic E-state index is -3.69. The molecule has 2 aliphatic rings. The zero-order valence-electron chi connectivity index (χ0n) is 15.6. The standard InChI is InChI=1S/C18H24N4O4S/c1-13-16(12-15(26-13)14-4-7-19-20-14)27(24,25)22-9-3-8-21(10-11-22)17(23)18(2)5-6-18/h4,7,12H,3,5-6,8-11H2,1-2H3,(H,19,20). The zero-order chi connectivity index (χ0) is 19.2. The maximum absolute atomic E-state index is 13.2. The molecule has 0 aromatic carbocycles. The number of rotatable bonds is 4. The van der Waals surface area contributed by atoms with Gasteiger partial charge in [-0.1, -0.05) is 6.92 Å². The van der Waals surface area contributed by atoms with Crippen LogP contribution in [0.4, 0.5) is 0 Å². The number of hydrogen-bond acceptors (Lipinski definition) is 5. The maximum Gasteiger partial charge on any atom is 0.246 e. The van der Waals surface area contributed by atoms with Crippen LogP contribution < -0.4 is 0 Å². The highest BCUT2D eigenvalue weighted by atomic mass is 32.2. The van der Waals surface area contributed by atoms with Crippen molar-refractivity contribution < 1.29 is 17.6 Å². The molecule has 0 spiro atoms. The Labute approximate surface area is 158 Å². The van der Waals surface area contributed by atoms with Crippen molar-refractivity contribution in [2.45, 2.75) is 38.0 Å². The van der Waals surface area contributed by atoms with E-state index in [-0.39, 0.29) is 16.2 Å². The number of nitrogens with one attached hydrogen (secondary N) is 1. The van der Waals surface area contributed by atoms with Crippen molar-refractivity contribution in [3.05, 3.63) is 24.1 Å². The van der Waals surface area contributed by atoms with Gasteiger partial charge in [-0.05, 0) is 32.3 Å². The second kappa shape index (κ2) is 6.49. The van der Waals surface area contributed by atoms with E-state index < -0.39 is 10.0 Å². The van der Waals surface area contributed by atoms with E-state index >= 15 is 0 Å². The Balaban J connectivity index is 1.53. The summed E-state index contributed by atoms with van der Waals surface area (Å²) in [5.41, 5.74) is 0.401. The monoisotopic (exact) mass is 392 g/mol. The summed E-state index contributed by atoms with van der Waals surface area (Å²) in [6.07, 6.45) is 4.07. The Morgan fingerprint density at radius 2 is 2.04 bits per heavy atom. The molecule has 1 aliphatic heterocycles. The van der Waals surface area contributed by atoms with Gasteiger partial charge in [0.25, 0.3) is 0 Å². The SMILES string of the molecule is Cc1oc(-c2ccn[nH]2)cc1S(=O)(=O)N1CCCN(C(=O)C2(C)CC2)CC1. The lowest BCUT2D eigenvalue weighted by Gasteiger charge is -2.24. The van der Waals surface area contributed by atoms with E-state index in [0.29, 0.717) is 49.8 Å². The van der Waals surface area contributed by atoms with Crippen LogP contribution in [0.2, 0.25) is 0 Å². The first-order valence-electron chi connectivity index (χ1n) is 9.21. The van der Waals surface area contributed by atoms with Gasteiger partial charge in [-0.3, -0.25) is 9.89 Å². The molecule has 8 nitrogen and oxygen atoms in total. The van der Waals surface area contributed by atoms with E-state index in [1.165, 1.54) is 10.4 Å². The van der Waals surface area contributed by atoms with Gasteiger partial charge in [-0.15, -0.1) is 0 Å². The van der Waals surface area contributed by atoms with E-state index in [9.17, 15) is 13.2 Å². The van der Waals surface area contributed by atoms with Crippen molar-refractivity contribution in [2.75, 3.05) is 26.2 Å². The molecule has 1 saturated heterocycles. The van der Waals surface area contributed by atoms with Gasteiger partial charge in [0, 0.05) is 43.9 Å². The molecule has 1 saturated carbocycles. The van der Waals surface area contributed by atoms with E-state index in [1.807, 2.05) is 11.8 Å². The fourth-order valence-corrected chi connectivity index (χ4v) is 5.14. The molecule has 1 amide bonds. The molecule has 3 heterocycles. The predicted molar refractivity (Wildman–Crippen MR) is 98.3 cm³/mol. The molecule has 0 unspecified atom stereocenters. The first-order valence-corrected chi connectivity index (χ1v) is 10.6. The normalized spacial score (nSPS) is 20.4. The van der Waals surface area contributed by atoms with Gasteiger partial charge in [0.05, 0.1) is 0 Å². The van der Waals surface area contributed by atoms with E-state index in [2.05, 4.69) is 10.2 Å². The third kappa shape index (κ3) is 3.29. The molecule has 4 rings (SSSR count). The fraction of sp³-hybridized carbons (Fsp3) is 0.556. The number of carbonyl (C=O) groups is 1. The highest BCUT2D eigenvalue weighted by molar-refractivity contribution is 7.89. The summed E-state index contributed by atoms with van der Waals surface area (Å²) in [6, 6.07) is 3.26. The van der Waals surface area contributed by atoms with Crippen molar-refractivity contribution in [2.24, 2.45) is 5.41 Å². The lowest BCUT2D eigenvalue weighted by molar-refractivity contribution is -0.136. The van der Waals surface area contributed by atoms with E-state index in [4.69, 9.17) is 4.42 Å². The van der Waals surface area contributed by atoms with Crippen LogP contribution in [0.3, 0.4) is 0 Å². The lowest BCUT2D eigenvalue weighted by atomic mass is 10.1. The average molecular weight is 392 g/mol. The van der Waals surface area contributed by atoms with Crippen LogP contribution in [0.1, 0.15) is 31.9 Å². The van der Waals surface area contributed by atoms with Crippen LogP contribution in [0, 0.1) is 12.3 Å². The average Bonchev–Trinajstić information content (AvgIpc) is 3.04. The van der Waals surface area contributed by atoms with Crippen molar-refractivity contribution >= 4 is 15.9 Å². The summed E-state index contributed by atoms with van der Waals surface area (Å²) in [6.45, 7) is 5.36. The summed E-state index contributed by atoms with van der Waals surface area (Å²) in [7, 11) is -3.69. The highest BCUT2D eigenvalue weighted by Gasteiger charge is 2.47. The molecule has 1 aliphatic carbocycles. The Morgan fingerprint density at radius 1 is 1.26 bits per heavy atom. The van der Waals surface area contributed by atoms with Crippen LogP contribution in [0.15, 0.2) is 27.6 Å². The first-order chi connectivity index (χ1) is 12.8. The summed E-state index contributed by atoms with van der Waals surface area (Å²) < 4.78 is 33.4. The molecule has 2 aromatic rings. The number of hydrogen-bond donors (Lipinski definition) is 1. The maximum atomic E-state index is 13.2. The van der Waals surface area contributed by atoms with Crippen molar-refractivity contribution in [1.82, 2.24) is 19.4 Å². The Bertz CT molecular complexity index is 944. The second-order valence-electron chi connectivity index (χ2n) is 7.61. The molecule has 0 atom stereocenters. The van der Waals surface area contributed by atoms with Crippen LogP contribution in [-0.4, -0.2) is 59.9 Å². The molecule has 27 heavy (non-hydrogen) atoms.